The van der Waals surface area contributed by atoms with Crippen molar-refractivity contribution in [2.45, 2.75) is 40.2 Å². The summed E-state index contributed by atoms with van der Waals surface area (Å²) in [6.07, 6.45) is 1.36. The predicted octanol–water partition coefficient (Wildman–Crippen LogP) is 2.97. The first-order valence-corrected chi connectivity index (χ1v) is 3.93. The van der Waals surface area contributed by atoms with Crippen molar-refractivity contribution in [1.82, 2.24) is 0 Å². The van der Waals surface area contributed by atoms with E-state index in [1.165, 1.54) is 0 Å². The molecule has 60 valence electrons. The fourth-order valence-corrected chi connectivity index (χ4v) is 0.478. The summed E-state index contributed by atoms with van der Waals surface area (Å²) in [5, 5.41) is 0. The van der Waals surface area contributed by atoms with Gasteiger partial charge >= 0.3 is 0 Å². The fourth-order valence-electron chi connectivity index (χ4n) is 0.478. The summed E-state index contributed by atoms with van der Waals surface area (Å²) in [7, 11) is 0. The van der Waals surface area contributed by atoms with E-state index in [9.17, 15) is 0 Å². The van der Waals surface area contributed by atoms with E-state index in [1.54, 1.807) is 0 Å². The molecule has 0 bridgehead atoms. The normalized spacial score (nSPS) is 13.3. The second-order valence-electron chi connectivity index (χ2n) is 2.96. The summed E-state index contributed by atoms with van der Waals surface area (Å²) >= 11 is 0. The molecule has 1 atom stereocenters. The smallest absolute Gasteiger partial charge is 0.0951 e. The van der Waals surface area contributed by atoms with Crippen molar-refractivity contribution in [2.75, 3.05) is 0 Å². The molecular weight excluding hydrogens is 124 g/mol. The Morgan fingerprint density at radius 2 is 1.90 bits per heavy atom. The van der Waals surface area contributed by atoms with E-state index in [4.69, 9.17) is 4.74 Å². The van der Waals surface area contributed by atoms with Crippen molar-refractivity contribution < 1.29 is 4.74 Å². The highest BCUT2D eigenvalue weighted by atomic mass is 16.5. The average Bonchev–Trinajstić information content (AvgIpc) is 1.87. The molecule has 0 saturated heterocycles. The third-order valence-electron chi connectivity index (χ3n) is 1.57. The summed E-state index contributed by atoms with van der Waals surface area (Å²) in [6, 6.07) is 0. The lowest BCUT2D eigenvalue weighted by Gasteiger charge is -2.16. The second-order valence-corrected chi connectivity index (χ2v) is 2.96. The Balaban J connectivity index is 3.57. The molecule has 0 spiro atoms. The molecule has 0 saturated carbocycles. The molecule has 0 heterocycles. The van der Waals surface area contributed by atoms with Crippen molar-refractivity contribution in [2.24, 2.45) is 5.92 Å². The van der Waals surface area contributed by atoms with Crippen molar-refractivity contribution in [3.63, 3.8) is 0 Å². The third kappa shape index (κ3) is 3.54. The Labute approximate surface area is 64.1 Å². The van der Waals surface area contributed by atoms with E-state index >= 15 is 0 Å². The Bertz CT molecular complexity index is 105. The first-order chi connectivity index (χ1) is 4.57. The molecule has 0 aromatic carbocycles. The average molecular weight is 142 g/mol. The summed E-state index contributed by atoms with van der Waals surface area (Å²) < 4.78 is 5.47. The first-order valence-electron chi connectivity index (χ1n) is 3.93. The summed E-state index contributed by atoms with van der Waals surface area (Å²) in [5.74, 6) is 1.34. The van der Waals surface area contributed by atoms with Gasteiger partial charge in [-0.25, -0.2) is 0 Å². The van der Waals surface area contributed by atoms with Crippen LogP contribution in [0.1, 0.15) is 34.1 Å². The number of ether oxygens (including phenoxy) is 1. The van der Waals surface area contributed by atoms with Gasteiger partial charge in [-0.15, -0.1) is 0 Å². The van der Waals surface area contributed by atoms with Crippen LogP contribution in [-0.2, 0) is 4.74 Å². The second kappa shape index (κ2) is 4.37. The number of rotatable bonds is 4. The monoisotopic (exact) mass is 142 g/mol. The standard InChI is InChI=1S/C9H18O/c1-6-8(4)10-9(5)7(2)3/h7-8H,5-6H2,1-4H3. The van der Waals surface area contributed by atoms with Crippen molar-refractivity contribution >= 4 is 0 Å². The predicted molar refractivity (Wildman–Crippen MR) is 44.8 cm³/mol. The van der Waals surface area contributed by atoms with Crippen LogP contribution < -0.4 is 0 Å². The Hall–Kier alpha value is -0.460. The Kier molecular flexibility index (Phi) is 4.17. The van der Waals surface area contributed by atoms with Crippen LogP contribution in [0.4, 0.5) is 0 Å². The molecular formula is C9H18O. The van der Waals surface area contributed by atoms with Gasteiger partial charge in [0.2, 0.25) is 0 Å². The molecule has 0 fully saturated rings. The Morgan fingerprint density at radius 3 is 2.20 bits per heavy atom. The molecule has 0 radical (unpaired) electrons. The summed E-state index contributed by atoms with van der Waals surface area (Å²) in [4.78, 5) is 0. The molecule has 0 aromatic heterocycles. The third-order valence-corrected chi connectivity index (χ3v) is 1.57. The molecule has 1 nitrogen and oxygen atoms in total. The molecule has 0 rings (SSSR count). The minimum absolute atomic E-state index is 0.315. The molecule has 0 aliphatic rings. The van der Waals surface area contributed by atoms with Crippen LogP contribution in [0.5, 0.6) is 0 Å². The molecule has 0 aliphatic heterocycles. The van der Waals surface area contributed by atoms with Crippen LogP contribution in [0.25, 0.3) is 0 Å². The largest absolute Gasteiger partial charge is 0.495 e. The summed E-state index contributed by atoms with van der Waals surface area (Å²) in [5.41, 5.74) is 0. The molecule has 0 aromatic rings. The molecule has 0 aliphatic carbocycles. The van der Waals surface area contributed by atoms with Gasteiger partial charge in [0.1, 0.15) is 0 Å². The van der Waals surface area contributed by atoms with E-state index in [1.807, 2.05) is 0 Å². The first kappa shape index (κ1) is 9.54. The number of allylic oxidation sites excluding steroid dienone is 1. The maximum atomic E-state index is 5.47. The lowest BCUT2D eigenvalue weighted by molar-refractivity contribution is 0.110. The van der Waals surface area contributed by atoms with Crippen molar-refractivity contribution in [1.29, 1.82) is 0 Å². The topological polar surface area (TPSA) is 9.23 Å². The zero-order valence-electron chi connectivity index (χ0n) is 7.48. The highest BCUT2D eigenvalue weighted by Crippen LogP contribution is 2.11. The fraction of sp³-hybridized carbons (Fsp3) is 0.778. The van der Waals surface area contributed by atoms with E-state index < -0.39 is 0 Å². The van der Waals surface area contributed by atoms with E-state index in [0.29, 0.717) is 12.0 Å². The van der Waals surface area contributed by atoms with Gasteiger partial charge in [-0.3, -0.25) is 0 Å². The minimum Gasteiger partial charge on any atom is -0.495 e. The van der Waals surface area contributed by atoms with Gasteiger partial charge in [0, 0.05) is 5.92 Å². The van der Waals surface area contributed by atoms with Gasteiger partial charge in [0.25, 0.3) is 0 Å². The van der Waals surface area contributed by atoms with Crippen LogP contribution >= 0.6 is 0 Å². The lowest BCUT2D eigenvalue weighted by atomic mass is 10.2. The van der Waals surface area contributed by atoms with Gasteiger partial charge < -0.3 is 4.74 Å². The quantitative estimate of drug-likeness (QED) is 0.548. The highest BCUT2D eigenvalue weighted by Gasteiger charge is 2.04. The van der Waals surface area contributed by atoms with Crippen LogP contribution in [-0.4, -0.2) is 6.10 Å². The van der Waals surface area contributed by atoms with Gasteiger partial charge in [0.05, 0.1) is 11.9 Å². The molecule has 1 heteroatoms. The van der Waals surface area contributed by atoms with Crippen LogP contribution in [0.2, 0.25) is 0 Å². The maximum absolute atomic E-state index is 5.47. The van der Waals surface area contributed by atoms with Gasteiger partial charge in [-0.05, 0) is 13.3 Å². The van der Waals surface area contributed by atoms with Gasteiger partial charge in [-0.2, -0.15) is 0 Å². The van der Waals surface area contributed by atoms with Crippen LogP contribution in [0, 0.1) is 5.92 Å². The zero-order chi connectivity index (χ0) is 8.15. The van der Waals surface area contributed by atoms with Crippen molar-refractivity contribution in [3.05, 3.63) is 12.3 Å². The summed E-state index contributed by atoms with van der Waals surface area (Å²) in [6.45, 7) is 12.2. The number of hydrogen-bond donors (Lipinski definition) is 0. The van der Waals surface area contributed by atoms with Crippen molar-refractivity contribution in [3.8, 4) is 0 Å². The molecule has 0 N–H and O–H groups in total. The van der Waals surface area contributed by atoms with Crippen LogP contribution in [0.15, 0.2) is 12.3 Å². The van der Waals surface area contributed by atoms with E-state index in [0.717, 1.165) is 12.2 Å². The minimum atomic E-state index is 0.315. The molecule has 1 unspecified atom stereocenters. The Morgan fingerprint density at radius 1 is 1.40 bits per heavy atom. The number of hydrogen-bond acceptors (Lipinski definition) is 1. The van der Waals surface area contributed by atoms with Gasteiger partial charge in [0.15, 0.2) is 0 Å². The van der Waals surface area contributed by atoms with E-state index in [-0.39, 0.29) is 0 Å². The van der Waals surface area contributed by atoms with Crippen LogP contribution in [0.3, 0.4) is 0 Å². The molecule has 10 heavy (non-hydrogen) atoms. The van der Waals surface area contributed by atoms with E-state index in [2.05, 4.69) is 34.3 Å². The maximum Gasteiger partial charge on any atom is 0.0951 e. The lowest BCUT2D eigenvalue weighted by Crippen LogP contribution is -2.08. The van der Waals surface area contributed by atoms with Gasteiger partial charge in [-0.1, -0.05) is 27.4 Å². The zero-order valence-corrected chi connectivity index (χ0v) is 7.48. The highest BCUT2D eigenvalue weighted by molar-refractivity contribution is 4.86. The molecule has 0 amide bonds. The SMILES string of the molecule is C=C(OC(C)CC)C(C)C.